The van der Waals surface area contributed by atoms with Gasteiger partial charge >= 0.3 is 0 Å². The van der Waals surface area contributed by atoms with Gasteiger partial charge in [0, 0.05) is 36.4 Å². The van der Waals surface area contributed by atoms with E-state index in [9.17, 15) is 59.4 Å². The SMILES string of the molecule is CCCCCCCCCCCCCCCCCC[N+](C)(C)Cc1cc(=O)c(O)co1.CCCCCCCCCCCCCCCC[N+](C)(C)Cc1cc(=O)c(O)co1.CCCCCCCCCCCCCC[N+](C)(C)Cc1cc(=O)c(O)co1.CCCCCCCCCCCC[N+](C)(C)Cc1cc(=O)c(O)co1.CCCCCCCCCC[N+](C)(C)Cc1cc(=O)c(O)co1.CCCCCCCC[N+](C)(C)Cc1cc(=O)c(O)co1. The number of nitrogens with zero attached hydrogens (tertiary/aromatic N) is 6. The fourth-order valence-corrected chi connectivity index (χ4v) is 19.4. The highest BCUT2D eigenvalue weighted by molar-refractivity contribution is 5.19. The molecule has 24 nitrogen and oxygen atoms in total. The normalized spacial score (nSPS) is 11.8. The molecule has 24 heteroatoms. The third-order valence-electron chi connectivity index (χ3n) is 28.9. The van der Waals surface area contributed by atoms with Crippen LogP contribution in [0.3, 0.4) is 0 Å². The summed E-state index contributed by atoms with van der Waals surface area (Å²) < 4.78 is 36.6. The predicted molar refractivity (Wildman–Crippen MR) is 623 cm³/mol. The second-order valence-electron chi connectivity index (χ2n) is 47.7. The molecule has 0 bridgehead atoms. The standard InChI is InChI=1S/C26H47NO3.C24H43NO3.C22H39NO3.C20H35NO3.C18H31NO3.C16H27NO3/c1-4-5-6-7-8-9-10-11-12-13-14-15-16-17-18-19-20-27(2,3)22-24-21-25(28)26(29)23-30-24;1-4-5-6-7-8-9-10-11-12-13-14-15-16-17-18-25(2,3)20-22-19-23(26)24(27)21-28-22;1-4-5-6-7-8-9-10-11-12-13-14-15-16-23(2,3)18-20-17-21(24)22(25)19-26-20;1-4-5-6-7-8-9-10-11-12-13-14-21(2,3)16-18-15-19(22)20(23)17-24-18;1-4-5-6-7-8-9-10-11-12-19(2,3)14-16-13-17(20)18(21)15-22-16;1-4-5-6-7-8-9-10-17(2,3)12-14-11-15(18)16(19)13-20-14/h21,23H,4-20,22H2,1-3H3;19,21H,4-18,20H2,1-3H3;17,19H,4-16,18H2,1-3H3;15,17H,4-14,16H2,1-3H3;13,15H,4-12,14H2,1-3H3;11,13H,4-10,12H2,1-3H3/p+6. The van der Waals surface area contributed by atoms with Crippen LogP contribution < -0.4 is 32.6 Å². The van der Waals surface area contributed by atoms with E-state index in [0.717, 1.165) is 104 Å². The van der Waals surface area contributed by atoms with Crippen LogP contribution in [0.5, 0.6) is 34.5 Å². The van der Waals surface area contributed by atoms with Gasteiger partial charge in [-0.15, -0.1) is 0 Å². The van der Waals surface area contributed by atoms with E-state index in [2.05, 4.69) is 126 Å². The third-order valence-corrected chi connectivity index (χ3v) is 28.9. The van der Waals surface area contributed by atoms with E-state index < -0.39 is 0 Å². The first kappa shape index (κ1) is 140. The van der Waals surface area contributed by atoms with E-state index >= 15 is 0 Å². The highest BCUT2D eigenvalue weighted by atomic mass is 16.4. The van der Waals surface area contributed by atoms with Crippen molar-refractivity contribution in [2.75, 3.05) is 124 Å². The Morgan fingerprint density at radius 3 is 0.327 bits per heavy atom. The van der Waals surface area contributed by atoms with Crippen LogP contribution in [0.4, 0.5) is 0 Å². The van der Waals surface area contributed by atoms with Crippen LogP contribution in [0.25, 0.3) is 0 Å². The lowest BCUT2D eigenvalue weighted by Gasteiger charge is -2.29. The average Bonchev–Trinajstić information content (AvgIpc) is 0.882. The van der Waals surface area contributed by atoms with Crippen molar-refractivity contribution in [3.05, 3.63) is 170 Å². The summed E-state index contributed by atoms with van der Waals surface area (Å²) in [6.07, 6.45) is 96.2. The van der Waals surface area contributed by atoms with Gasteiger partial charge in [0.25, 0.3) is 0 Å². The van der Waals surface area contributed by atoms with E-state index in [1.165, 1.54) is 460 Å². The van der Waals surface area contributed by atoms with Crippen LogP contribution >= 0.6 is 0 Å². The van der Waals surface area contributed by atoms with Gasteiger partial charge in [-0.2, -0.15) is 0 Å². The Morgan fingerprint density at radius 2 is 0.240 bits per heavy atom. The Balaban J connectivity index is 0.000000904. The van der Waals surface area contributed by atoms with Crippen molar-refractivity contribution < 1.29 is 84.0 Å². The zero-order chi connectivity index (χ0) is 111. The molecule has 0 unspecified atom stereocenters. The number of aromatic hydroxyl groups is 6. The Labute approximate surface area is 911 Å². The molecule has 6 aromatic heterocycles. The van der Waals surface area contributed by atoms with E-state index in [1.807, 2.05) is 0 Å². The first-order valence-electron chi connectivity index (χ1n) is 60.4. The minimum Gasteiger partial charge on any atom is -0.502 e. The minimum atomic E-state index is -0.370. The van der Waals surface area contributed by atoms with Crippen molar-refractivity contribution in [2.45, 2.75) is 505 Å². The minimum absolute atomic E-state index is 0.318. The maximum Gasteiger partial charge on any atom is 0.226 e. The van der Waals surface area contributed by atoms with Crippen LogP contribution in [0, 0.1) is 0 Å². The lowest BCUT2D eigenvalue weighted by molar-refractivity contribution is -0.904. The smallest absolute Gasteiger partial charge is 0.226 e. The van der Waals surface area contributed by atoms with Crippen molar-refractivity contribution in [3.8, 4) is 34.5 Å². The molecule has 6 rings (SSSR count). The highest BCUT2D eigenvalue weighted by Crippen LogP contribution is 2.25. The van der Waals surface area contributed by atoms with Gasteiger partial charge in [-0.1, -0.05) is 388 Å². The molecule has 6 aromatic rings. The summed E-state index contributed by atoms with van der Waals surface area (Å²) in [5.41, 5.74) is -2.19. The second kappa shape index (κ2) is 87.5. The summed E-state index contributed by atoms with van der Waals surface area (Å²) in [5.74, 6) is 1.88. The fourth-order valence-electron chi connectivity index (χ4n) is 19.4. The van der Waals surface area contributed by atoms with E-state index in [4.69, 9.17) is 26.5 Å². The monoisotopic (exact) mass is 2110 g/mol. The molecule has 6 N–H and O–H groups in total. The van der Waals surface area contributed by atoms with Crippen LogP contribution in [0.1, 0.15) is 500 Å². The Morgan fingerprint density at radius 1 is 0.153 bits per heavy atom. The number of quaternary nitrogens is 6. The number of rotatable bonds is 84. The fraction of sp³-hybridized carbons (Fsp3) is 0.762. The Kier molecular flexibility index (Phi) is 81.8. The van der Waals surface area contributed by atoms with Gasteiger partial charge < -0.3 is 84.0 Å². The molecule has 150 heavy (non-hydrogen) atoms. The lowest BCUT2D eigenvalue weighted by Crippen LogP contribution is -2.39. The zero-order valence-electron chi connectivity index (χ0n) is 99.3. The molecule has 0 amide bonds. The molecule has 0 radical (unpaired) electrons. The number of hydrogen-bond donors (Lipinski definition) is 6. The average molecular weight is 2120 g/mol. The van der Waals surface area contributed by atoms with E-state index in [-0.39, 0.29) is 67.1 Å². The lowest BCUT2D eigenvalue weighted by atomic mass is 10.0. The molecule has 0 saturated carbocycles. The van der Waals surface area contributed by atoms with Gasteiger partial charge in [0.2, 0.25) is 32.6 Å². The van der Waals surface area contributed by atoms with E-state index in [1.54, 1.807) is 0 Å². The summed E-state index contributed by atoms with van der Waals surface area (Å²) in [6, 6.07) is 8.38. The molecule has 0 saturated heterocycles. The molecule has 0 fully saturated rings. The van der Waals surface area contributed by atoms with Crippen molar-refractivity contribution >= 4 is 0 Å². The first-order valence-corrected chi connectivity index (χ1v) is 60.4. The highest BCUT2D eigenvalue weighted by Gasteiger charge is 2.25. The zero-order valence-corrected chi connectivity index (χ0v) is 99.3. The van der Waals surface area contributed by atoms with Gasteiger partial charge in [-0.05, 0) is 77.0 Å². The Hall–Kier alpha value is -7.74. The van der Waals surface area contributed by atoms with Crippen LogP contribution in [0.2, 0.25) is 0 Å². The maximum atomic E-state index is 11.5. The molecule has 0 aliphatic heterocycles. The number of unbranched alkanes of at least 4 members (excludes halogenated alkanes) is 60. The summed E-state index contributed by atoms with van der Waals surface area (Å²) >= 11 is 0. The van der Waals surface area contributed by atoms with Crippen LogP contribution in [-0.2, 0) is 39.3 Å². The third kappa shape index (κ3) is 80.1. The molecule has 0 aromatic carbocycles. The van der Waals surface area contributed by atoms with Gasteiger partial charge in [-0.3, -0.25) is 28.8 Å². The van der Waals surface area contributed by atoms with Gasteiger partial charge in [0.05, 0.1) is 124 Å². The van der Waals surface area contributed by atoms with Gasteiger partial charge in [0.1, 0.15) is 76.8 Å². The van der Waals surface area contributed by atoms with Crippen molar-refractivity contribution in [2.24, 2.45) is 0 Å². The van der Waals surface area contributed by atoms with Crippen LogP contribution in [-0.4, -0.2) is 181 Å². The Bertz CT molecular complexity index is 4610. The molecule has 6 heterocycles. The molecular weight excluding hydrogens is 1890 g/mol. The topological polar surface area (TPSA) is 303 Å². The van der Waals surface area contributed by atoms with Crippen LogP contribution in [0.15, 0.2) is 129 Å². The summed E-state index contributed by atoms with van der Waals surface area (Å²) in [6.45, 7) is 24.0. The summed E-state index contributed by atoms with van der Waals surface area (Å²) in [4.78, 5) is 68.8. The number of hydrogen-bond acceptors (Lipinski definition) is 18. The first-order chi connectivity index (χ1) is 71.7. The van der Waals surface area contributed by atoms with Crippen molar-refractivity contribution in [1.82, 2.24) is 0 Å². The van der Waals surface area contributed by atoms with E-state index in [0.29, 0.717) is 73.8 Å². The maximum absolute atomic E-state index is 11.5. The second-order valence-corrected chi connectivity index (χ2v) is 47.7. The molecule has 0 aliphatic carbocycles. The van der Waals surface area contributed by atoms with Gasteiger partial charge in [-0.25, -0.2) is 0 Å². The molecule has 0 spiro atoms. The quantitative estimate of drug-likeness (QED) is 0.0153. The molecule has 864 valence electrons. The molecular formula is C126H228N6O18+6. The summed E-state index contributed by atoms with van der Waals surface area (Å²) in [5, 5.41) is 55.4. The molecule has 0 atom stereocenters. The predicted octanol–water partition coefficient (Wildman–Crippen LogP) is 31.4. The molecule has 0 aliphatic rings. The van der Waals surface area contributed by atoms with Crippen molar-refractivity contribution in [3.63, 3.8) is 0 Å². The van der Waals surface area contributed by atoms with Gasteiger partial charge in [0.15, 0.2) is 69.1 Å². The van der Waals surface area contributed by atoms with Crippen molar-refractivity contribution in [1.29, 1.82) is 0 Å². The summed E-state index contributed by atoms with van der Waals surface area (Å²) in [7, 11) is 25.8. The largest absolute Gasteiger partial charge is 0.502 e.